The number of pyridine rings is 1. The predicted octanol–water partition coefficient (Wildman–Crippen LogP) is 0.144. The van der Waals surface area contributed by atoms with E-state index in [1.54, 1.807) is 15.3 Å². The highest BCUT2D eigenvalue weighted by Gasteiger charge is 2.05. The lowest BCUT2D eigenvalue weighted by molar-refractivity contribution is 0.637. The first-order chi connectivity index (χ1) is 10.2. The van der Waals surface area contributed by atoms with Crippen LogP contribution in [0.1, 0.15) is 17.0 Å². The van der Waals surface area contributed by atoms with Crippen LogP contribution in [0.15, 0.2) is 35.4 Å². The van der Waals surface area contributed by atoms with Crippen LogP contribution >= 0.6 is 0 Å². The summed E-state index contributed by atoms with van der Waals surface area (Å²) in [4.78, 5) is 16.6. The molecule has 0 aliphatic carbocycles. The Bertz CT molecular complexity index is 835. The Balaban J connectivity index is 1.93. The smallest absolute Gasteiger partial charge is 0.258 e. The van der Waals surface area contributed by atoms with Gasteiger partial charge in [0.05, 0.1) is 17.9 Å². The van der Waals surface area contributed by atoms with Crippen molar-refractivity contribution in [3.8, 4) is 0 Å². The van der Waals surface area contributed by atoms with Crippen LogP contribution in [-0.2, 0) is 13.0 Å². The van der Waals surface area contributed by atoms with Crippen molar-refractivity contribution in [2.24, 2.45) is 5.73 Å². The molecule has 0 aliphatic rings. The van der Waals surface area contributed by atoms with E-state index in [0.717, 1.165) is 11.3 Å². The molecule has 3 aromatic heterocycles. The molecule has 0 saturated heterocycles. The molecule has 0 aromatic carbocycles. The molecule has 0 fully saturated rings. The first-order valence-electron chi connectivity index (χ1n) is 6.74. The molecule has 0 amide bonds. The largest absolute Gasteiger partial charge is 0.330 e. The molecule has 0 atom stereocenters. The molecular weight excluding hydrogens is 268 g/mol. The molecule has 108 valence electrons. The van der Waals surface area contributed by atoms with Crippen molar-refractivity contribution in [1.82, 2.24) is 24.4 Å². The van der Waals surface area contributed by atoms with Gasteiger partial charge >= 0.3 is 0 Å². The minimum Gasteiger partial charge on any atom is -0.330 e. The zero-order valence-electron chi connectivity index (χ0n) is 11.7. The van der Waals surface area contributed by atoms with Gasteiger partial charge in [-0.3, -0.25) is 9.20 Å². The minimum absolute atomic E-state index is 0.0963. The molecule has 0 aliphatic heterocycles. The number of rotatable bonds is 4. The van der Waals surface area contributed by atoms with E-state index < -0.39 is 0 Å². The normalized spacial score (nSPS) is 11.1. The van der Waals surface area contributed by atoms with E-state index in [2.05, 4.69) is 15.3 Å². The first-order valence-corrected chi connectivity index (χ1v) is 6.74. The fourth-order valence-electron chi connectivity index (χ4n) is 2.18. The summed E-state index contributed by atoms with van der Waals surface area (Å²) in [6.07, 6.45) is 4.29. The molecule has 21 heavy (non-hydrogen) atoms. The van der Waals surface area contributed by atoms with E-state index in [1.807, 2.05) is 25.3 Å². The summed E-state index contributed by atoms with van der Waals surface area (Å²) in [6.45, 7) is 2.89. The molecule has 0 spiro atoms. The van der Waals surface area contributed by atoms with Gasteiger partial charge in [0.1, 0.15) is 5.65 Å². The molecule has 7 nitrogen and oxygen atoms in total. The standard InChI is InChI=1S/C14H16N6O/c1-10-2-3-13-16-12(6-14(21)20(13)7-10)9-19-8-11(4-5-15)17-18-19/h2-3,6-8H,4-5,9,15H2,1H3. The van der Waals surface area contributed by atoms with Crippen LogP contribution in [0.4, 0.5) is 0 Å². The summed E-state index contributed by atoms with van der Waals surface area (Å²) in [7, 11) is 0. The van der Waals surface area contributed by atoms with Crippen LogP contribution in [0.5, 0.6) is 0 Å². The summed E-state index contributed by atoms with van der Waals surface area (Å²) < 4.78 is 3.21. The molecule has 3 heterocycles. The summed E-state index contributed by atoms with van der Waals surface area (Å²) in [5, 5.41) is 8.04. The van der Waals surface area contributed by atoms with Gasteiger partial charge in [0.15, 0.2) is 0 Å². The highest BCUT2D eigenvalue weighted by Crippen LogP contribution is 2.04. The highest BCUT2D eigenvalue weighted by atomic mass is 16.1. The van der Waals surface area contributed by atoms with E-state index in [9.17, 15) is 4.79 Å². The maximum atomic E-state index is 12.1. The van der Waals surface area contributed by atoms with Gasteiger partial charge in [0.2, 0.25) is 0 Å². The fourth-order valence-corrected chi connectivity index (χ4v) is 2.18. The van der Waals surface area contributed by atoms with Crippen molar-refractivity contribution in [2.75, 3.05) is 6.54 Å². The number of fused-ring (bicyclic) bond motifs is 1. The van der Waals surface area contributed by atoms with Gasteiger partial charge in [-0.2, -0.15) is 0 Å². The van der Waals surface area contributed by atoms with E-state index in [-0.39, 0.29) is 5.56 Å². The molecule has 0 unspecified atom stereocenters. The van der Waals surface area contributed by atoms with Crippen LogP contribution in [0.2, 0.25) is 0 Å². The van der Waals surface area contributed by atoms with Gasteiger partial charge in [-0.1, -0.05) is 11.3 Å². The van der Waals surface area contributed by atoms with E-state index >= 15 is 0 Å². The van der Waals surface area contributed by atoms with Crippen molar-refractivity contribution >= 4 is 5.65 Å². The molecule has 7 heteroatoms. The molecule has 3 aromatic rings. The quantitative estimate of drug-likeness (QED) is 0.736. The van der Waals surface area contributed by atoms with E-state index in [1.165, 1.54) is 6.07 Å². The predicted molar refractivity (Wildman–Crippen MR) is 78.1 cm³/mol. The van der Waals surface area contributed by atoms with Crippen molar-refractivity contribution in [1.29, 1.82) is 0 Å². The van der Waals surface area contributed by atoms with Gasteiger partial charge < -0.3 is 5.73 Å². The molecular formula is C14H16N6O. The lowest BCUT2D eigenvalue weighted by Crippen LogP contribution is -2.17. The van der Waals surface area contributed by atoms with Crippen molar-refractivity contribution in [3.05, 3.63) is 57.9 Å². The van der Waals surface area contributed by atoms with Crippen LogP contribution in [0, 0.1) is 6.92 Å². The number of aromatic nitrogens is 5. The first kappa shape index (κ1) is 13.4. The Hall–Kier alpha value is -2.54. The minimum atomic E-state index is -0.0963. The van der Waals surface area contributed by atoms with Crippen LogP contribution in [0.3, 0.4) is 0 Å². The Morgan fingerprint density at radius 2 is 2.10 bits per heavy atom. The second kappa shape index (κ2) is 5.45. The lowest BCUT2D eigenvalue weighted by Gasteiger charge is -2.04. The maximum absolute atomic E-state index is 12.1. The summed E-state index contributed by atoms with van der Waals surface area (Å²) in [5.74, 6) is 0. The zero-order chi connectivity index (χ0) is 14.8. The van der Waals surface area contributed by atoms with Gasteiger partial charge in [-0.15, -0.1) is 5.10 Å². The number of hydrogen-bond donors (Lipinski definition) is 1. The number of hydrogen-bond acceptors (Lipinski definition) is 5. The van der Waals surface area contributed by atoms with Gasteiger partial charge in [0, 0.05) is 24.9 Å². The topological polar surface area (TPSA) is 91.1 Å². The van der Waals surface area contributed by atoms with E-state index in [0.29, 0.717) is 30.9 Å². The average molecular weight is 284 g/mol. The summed E-state index contributed by atoms with van der Waals surface area (Å²) in [5.41, 5.74) is 8.53. The van der Waals surface area contributed by atoms with Gasteiger partial charge in [-0.25, -0.2) is 9.67 Å². The monoisotopic (exact) mass is 284 g/mol. The van der Waals surface area contributed by atoms with Crippen LogP contribution in [-0.4, -0.2) is 30.9 Å². The molecule has 3 rings (SSSR count). The molecule has 0 saturated carbocycles. The number of nitrogens with two attached hydrogens (primary N) is 1. The Labute approximate surface area is 121 Å². The summed E-state index contributed by atoms with van der Waals surface area (Å²) >= 11 is 0. The Kier molecular flexibility index (Phi) is 3.49. The third-order valence-electron chi connectivity index (χ3n) is 3.17. The highest BCUT2D eigenvalue weighted by molar-refractivity contribution is 5.39. The Morgan fingerprint density at radius 3 is 2.90 bits per heavy atom. The molecule has 2 N–H and O–H groups in total. The van der Waals surface area contributed by atoms with Crippen molar-refractivity contribution in [2.45, 2.75) is 19.9 Å². The second-order valence-electron chi connectivity index (χ2n) is 4.97. The fraction of sp³-hybridized carbons (Fsp3) is 0.286. The average Bonchev–Trinajstić information content (AvgIpc) is 2.87. The van der Waals surface area contributed by atoms with Crippen molar-refractivity contribution in [3.63, 3.8) is 0 Å². The lowest BCUT2D eigenvalue weighted by atomic mass is 10.3. The second-order valence-corrected chi connectivity index (χ2v) is 4.97. The third kappa shape index (κ3) is 2.82. The maximum Gasteiger partial charge on any atom is 0.258 e. The summed E-state index contributed by atoms with van der Waals surface area (Å²) in [6, 6.07) is 5.29. The van der Waals surface area contributed by atoms with E-state index in [4.69, 9.17) is 5.73 Å². The zero-order valence-corrected chi connectivity index (χ0v) is 11.7. The van der Waals surface area contributed by atoms with Gasteiger partial charge in [0.25, 0.3) is 5.56 Å². The molecule has 0 bridgehead atoms. The molecule has 0 radical (unpaired) electrons. The van der Waals surface area contributed by atoms with Crippen LogP contribution < -0.4 is 11.3 Å². The Morgan fingerprint density at radius 1 is 1.24 bits per heavy atom. The third-order valence-corrected chi connectivity index (χ3v) is 3.17. The number of aryl methyl sites for hydroxylation is 1. The van der Waals surface area contributed by atoms with Crippen molar-refractivity contribution < 1.29 is 0 Å². The van der Waals surface area contributed by atoms with Crippen LogP contribution in [0.25, 0.3) is 5.65 Å². The SMILES string of the molecule is Cc1ccc2nc(Cn3cc(CCN)nn3)cc(=O)n2c1. The number of nitrogens with zero attached hydrogens (tertiary/aromatic N) is 5. The van der Waals surface area contributed by atoms with Gasteiger partial charge in [-0.05, 0) is 25.1 Å².